The number of rotatable bonds is 5. The van der Waals surface area contributed by atoms with E-state index in [-0.39, 0.29) is 6.04 Å². The van der Waals surface area contributed by atoms with Gasteiger partial charge in [0, 0.05) is 11.3 Å². The van der Waals surface area contributed by atoms with Gasteiger partial charge in [-0.3, -0.25) is 0 Å². The van der Waals surface area contributed by atoms with Gasteiger partial charge in [0.25, 0.3) is 0 Å². The Bertz CT molecular complexity index is 739. The normalized spacial score (nSPS) is 17.1. The van der Waals surface area contributed by atoms with Crippen molar-refractivity contribution in [2.45, 2.75) is 32.9 Å². The highest BCUT2D eigenvalue weighted by atomic mass is 32.1. The van der Waals surface area contributed by atoms with Gasteiger partial charge in [-0.15, -0.1) is 0 Å². The van der Waals surface area contributed by atoms with Crippen molar-refractivity contribution in [1.29, 1.82) is 0 Å². The van der Waals surface area contributed by atoms with Crippen LogP contribution >= 0.6 is 12.2 Å². The fraction of sp³-hybridized carbons (Fsp3) is 0.409. The Hall–Kier alpha value is -1.95. The van der Waals surface area contributed by atoms with Gasteiger partial charge in [-0.1, -0.05) is 36.4 Å². The molecule has 0 radical (unpaired) electrons. The fourth-order valence-electron chi connectivity index (χ4n) is 3.99. The molecule has 2 aromatic carbocycles. The van der Waals surface area contributed by atoms with Crippen LogP contribution in [0.5, 0.6) is 0 Å². The minimum absolute atomic E-state index is 0.200. The van der Waals surface area contributed by atoms with E-state index in [1.807, 2.05) is 0 Å². The third-order valence-corrected chi connectivity index (χ3v) is 5.29. The molecule has 3 rings (SSSR count). The molecule has 0 saturated carbocycles. The van der Waals surface area contributed by atoms with Gasteiger partial charge in [0.2, 0.25) is 0 Å². The molecule has 1 heterocycles. The zero-order chi connectivity index (χ0) is 19.2. The van der Waals surface area contributed by atoms with E-state index < -0.39 is 0 Å². The van der Waals surface area contributed by atoms with Crippen molar-refractivity contribution in [1.82, 2.24) is 5.32 Å². The van der Waals surface area contributed by atoms with Crippen molar-refractivity contribution in [3.8, 4) is 0 Å². The topological polar surface area (TPSA) is 37.7 Å². The van der Waals surface area contributed by atoms with E-state index in [2.05, 4.69) is 79.9 Å². The highest BCUT2D eigenvalue weighted by molar-refractivity contribution is 7.80. The zero-order valence-electron chi connectivity index (χ0n) is 16.4. The lowest BCUT2D eigenvalue weighted by molar-refractivity contribution is -0.940. The monoisotopic (exact) mass is 384 g/mol. The zero-order valence-corrected chi connectivity index (χ0v) is 17.2. The summed E-state index contributed by atoms with van der Waals surface area (Å²) in [5, 5.41) is 7.54. The van der Waals surface area contributed by atoms with Gasteiger partial charge in [0.1, 0.15) is 19.1 Å². The molecule has 0 unspecified atom stereocenters. The predicted molar refractivity (Wildman–Crippen MR) is 115 cm³/mol. The van der Waals surface area contributed by atoms with Gasteiger partial charge in [0.05, 0.1) is 19.3 Å². The molecule has 0 bridgehead atoms. The molecule has 0 aromatic heterocycles. The molecule has 27 heavy (non-hydrogen) atoms. The molecule has 0 spiro atoms. The van der Waals surface area contributed by atoms with Crippen LogP contribution in [-0.2, 0) is 4.74 Å². The van der Waals surface area contributed by atoms with Crippen LogP contribution in [0.25, 0.3) is 0 Å². The summed E-state index contributed by atoms with van der Waals surface area (Å²) in [6, 6.07) is 17.7. The maximum atomic E-state index is 5.61. The smallest absolute Gasteiger partial charge is 0.171 e. The number of morpholine rings is 1. The molecule has 1 aliphatic rings. The lowest BCUT2D eigenvalue weighted by Crippen LogP contribution is -3.15. The number of hydrogen-bond acceptors (Lipinski definition) is 2. The summed E-state index contributed by atoms with van der Waals surface area (Å²) in [5.41, 5.74) is 4.83. The molecular formula is C22H30N3OS+. The molecule has 3 N–H and O–H groups in total. The van der Waals surface area contributed by atoms with E-state index >= 15 is 0 Å². The third kappa shape index (κ3) is 5.51. The average Bonchev–Trinajstić information content (AvgIpc) is 2.62. The maximum absolute atomic E-state index is 5.61. The van der Waals surface area contributed by atoms with Crippen molar-refractivity contribution in [3.05, 3.63) is 65.2 Å². The van der Waals surface area contributed by atoms with E-state index in [0.717, 1.165) is 32.0 Å². The van der Waals surface area contributed by atoms with E-state index in [0.29, 0.717) is 11.2 Å². The van der Waals surface area contributed by atoms with E-state index in [1.54, 1.807) is 4.90 Å². The second-order valence-electron chi connectivity index (χ2n) is 7.42. The Balaban J connectivity index is 1.71. The predicted octanol–water partition coefficient (Wildman–Crippen LogP) is 2.63. The van der Waals surface area contributed by atoms with Gasteiger partial charge in [-0.2, -0.15) is 0 Å². The number of thiocarbonyl (C=S) groups is 1. The first-order valence-electron chi connectivity index (χ1n) is 9.66. The number of benzene rings is 2. The Kier molecular flexibility index (Phi) is 6.83. The Morgan fingerprint density at radius 3 is 2.30 bits per heavy atom. The van der Waals surface area contributed by atoms with Crippen LogP contribution < -0.4 is 15.5 Å². The van der Waals surface area contributed by atoms with Crippen molar-refractivity contribution in [3.63, 3.8) is 0 Å². The number of aryl methyl sites for hydroxylation is 2. The van der Waals surface area contributed by atoms with Crippen LogP contribution in [0.15, 0.2) is 48.5 Å². The van der Waals surface area contributed by atoms with Crippen LogP contribution in [0.4, 0.5) is 5.69 Å². The van der Waals surface area contributed by atoms with Crippen molar-refractivity contribution in [2.24, 2.45) is 0 Å². The van der Waals surface area contributed by atoms with Gasteiger partial charge in [-0.05, 0) is 56.2 Å². The van der Waals surface area contributed by atoms with Gasteiger partial charge in [0.15, 0.2) is 5.11 Å². The summed E-state index contributed by atoms with van der Waals surface area (Å²) in [7, 11) is 0. The molecule has 2 atom stereocenters. The van der Waals surface area contributed by atoms with E-state index in [1.165, 1.54) is 16.7 Å². The number of nitrogens with one attached hydrogen (secondary N) is 3. The Morgan fingerprint density at radius 1 is 1.04 bits per heavy atom. The molecular weight excluding hydrogens is 354 g/mol. The lowest BCUT2D eigenvalue weighted by atomic mass is 9.98. The molecule has 0 aliphatic carbocycles. The third-order valence-electron chi connectivity index (χ3n) is 5.07. The Labute approximate surface area is 167 Å². The summed E-state index contributed by atoms with van der Waals surface area (Å²) in [5.74, 6) is 0. The maximum Gasteiger partial charge on any atom is 0.171 e. The minimum Gasteiger partial charge on any atom is -0.370 e. The number of anilines is 1. The summed E-state index contributed by atoms with van der Waals surface area (Å²) in [6.45, 7) is 10.1. The van der Waals surface area contributed by atoms with Crippen LogP contribution in [0.2, 0.25) is 0 Å². The van der Waals surface area contributed by atoms with Crippen molar-refractivity contribution in [2.75, 3.05) is 31.6 Å². The molecule has 2 aromatic rings. The molecule has 144 valence electrons. The molecule has 1 fully saturated rings. The molecule has 5 heteroatoms. The summed E-state index contributed by atoms with van der Waals surface area (Å²) >= 11 is 5.61. The molecule has 0 amide bonds. The lowest BCUT2D eigenvalue weighted by Gasteiger charge is -2.35. The first-order chi connectivity index (χ1) is 13.0. The highest BCUT2D eigenvalue weighted by Crippen LogP contribution is 2.16. The summed E-state index contributed by atoms with van der Waals surface area (Å²) in [4.78, 5) is 1.54. The summed E-state index contributed by atoms with van der Waals surface area (Å²) in [6.07, 6.45) is 0. The molecule has 4 nitrogen and oxygen atoms in total. The highest BCUT2D eigenvalue weighted by Gasteiger charge is 2.31. The largest absolute Gasteiger partial charge is 0.370 e. The van der Waals surface area contributed by atoms with Gasteiger partial charge in [-0.25, -0.2) is 0 Å². The second-order valence-corrected chi connectivity index (χ2v) is 7.83. The molecule has 1 saturated heterocycles. The van der Waals surface area contributed by atoms with Gasteiger partial charge >= 0.3 is 0 Å². The molecule has 1 aliphatic heterocycles. The fourth-order valence-corrected chi connectivity index (χ4v) is 4.29. The first-order valence-corrected chi connectivity index (χ1v) is 10.1. The Morgan fingerprint density at radius 2 is 1.67 bits per heavy atom. The average molecular weight is 385 g/mol. The van der Waals surface area contributed by atoms with Crippen molar-refractivity contribution >= 4 is 23.0 Å². The SMILES string of the molecule is Cc1cc(C)cc(NC(=S)N[C@@H](C)[C@H](c2ccccc2)[NH+]2CCOCC2)c1. The summed E-state index contributed by atoms with van der Waals surface area (Å²) < 4.78 is 5.57. The minimum atomic E-state index is 0.200. The van der Waals surface area contributed by atoms with E-state index in [4.69, 9.17) is 17.0 Å². The second kappa shape index (κ2) is 9.31. The number of ether oxygens (including phenoxy) is 1. The number of hydrogen-bond donors (Lipinski definition) is 3. The van der Waals surface area contributed by atoms with Crippen molar-refractivity contribution < 1.29 is 9.64 Å². The van der Waals surface area contributed by atoms with Crippen LogP contribution in [-0.4, -0.2) is 37.5 Å². The van der Waals surface area contributed by atoms with Crippen LogP contribution in [0.3, 0.4) is 0 Å². The van der Waals surface area contributed by atoms with Gasteiger partial charge < -0.3 is 20.3 Å². The van der Waals surface area contributed by atoms with Crippen LogP contribution in [0.1, 0.15) is 29.7 Å². The van der Waals surface area contributed by atoms with Crippen LogP contribution in [0, 0.1) is 13.8 Å². The standard InChI is InChI=1S/C22H29N3OS/c1-16-13-17(2)15-20(14-16)24-22(27)23-18(3)21(19-7-5-4-6-8-19)25-9-11-26-12-10-25/h4-8,13-15,18,21H,9-12H2,1-3H3,(H2,23,24,27)/p+1/t18-,21+/m0/s1. The number of quaternary nitrogens is 1. The first kappa shape index (κ1) is 19.8. The quantitative estimate of drug-likeness (QED) is 0.693. The van der Waals surface area contributed by atoms with E-state index in [9.17, 15) is 0 Å².